The summed E-state index contributed by atoms with van der Waals surface area (Å²) in [5.41, 5.74) is 0.567. The van der Waals surface area contributed by atoms with E-state index in [1.807, 2.05) is 44.2 Å². The average molecular weight is 280 g/mol. The summed E-state index contributed by atoms with van der Waals surface area (Å²) in [6, 6.07) is 10.2. The SMILES string of the molecule is CC(C)(C(=O)NC1CCC(Cl)CC1)c1ccccc1. The summed E-state index contributed by atoms with van der Waals surface area (Å²) in [5, 5.41) is 3.47. The van der Waals surface area contributed by atoms with Gasteiger partial charge >= 0.3 is 0 Å². The fourth-order valence-corrected chi connectivity index (χ4v) is 2.80. The lowest BCUT2D eigenvalue weighted by molar-refractivity contribution is -0.126. The zero-order valence-corrected chi connectivity index (χ0v) is 12.4. The summed E-state index contributed by atoms with van der Waals surface area (Å²) in [6.07, 6.45) is 3.98. The van der Waals surface area contributed by atoms with Gasteiger partial charge in [-0.15, -0.1) is 11.6 Å². The molecule has 1 amide bonds. The Morgan fingerprint density at radius 1 is 1.16 bits per heavy atom. The topological polar surface area (TPSA) is 29.1 Å². The van der Waals surface area contributed by atoms with Gasteiger partial charge in [0.1, 0.15) is 0 Å². The molecule has 0 radical (unpaired) electrons. The van der Waals surface area contributed by atoms with Crippen molar-refractivity contribution in [3.63, 3.8) is 0 Å². The first kappa shape index (κ1) is 14.4. The van der Waals surface area contributed by atoms with Crippen LogP contribution in [0.5, 0.6) is 0 Å². The first-order valence-electron chi connectivity index (χ1n) is 7.00. The standard InChI is InChI=1S/C16H22ClNO/c1-16(2,12-6-4-3-5-7-12)15(19)18-14-10-8-13(17)9-11-14/h3-7,13-14H,8-11H2,1-2H3,(H,18,19). The first-order valence-corrected chi connectivity index (χ1v) is 7.44. The molecule has 2 nitrogen and oxygen atoms in total. The van der Waals surface area contributed by atoms with Crippen LogP contribution in [0.4, 0.5) is 0 Å². The highest BCUT2D eigenvalue weighted by molar-refractivity contribution is 6.20. The second-order valence-corrected chi connectivity index (χ2v) is 6.53. The number of carbonyl (C=O) groups excluding carboxylic acids is 1. The van der Waals surface area contributed by atoms with E-state index in [4.69, 9.17) is 11.6 Å². The van der Waals surface area contributed by atoms with Gasteiger partial charge in [-0.3, -0.25) is 4.79 Å². The Bertz CT molecular complexity index is 422. The van der Waals surface area contributed by atoms with Gasteiger partial charge in [0.25, 0.3) is 0 Å². The van der Waals surface area contributed by atoms with E-state index in [-0.39, 0.29) is 17.3 Å². The molecule has 3 heteroatoms. The lowest BCUT2D eigenvalue weighted by Crippen LogP contribution is -2.46. The maximum Gasteiger partial charge on any atom is 0.230 e. The Balaban J connectivity index is 1.99. The number of nitrogens with one attached hydrogen (secondary N) is 1. The summed E-state index contributed by atoms with van der Waals surface area (Å²) < 4.78 is 0. The first-order chi connectivity index (χ1) is 9.00. The van der Waals surface area contributed by atoms with E-state index in [0.29, 0.717) is 0 Å². The largest absolute Gasteiger partial charge is 0.353 e. The number of carbonyl (C=O) groups is 1. The second kappa shape index (κ2) is 5.96. The van der Waals surface area contributed by atoms with E-state index in [0.717, 1.165) is 31.2 Å². The van der Waals surface area contributed by atoms with Crippen LogP contribution < -0.4 is 5.32 Å². The van der Waals surface area contributed by atoms with Crippen molar-refractivity contribution in [2.75, 3.05) is 0 Å². The van der Waals surface area contributed by atoms with Gasteiger partial charge in [-0.1, -0.05) is 30.3 Å². The van der Waals surface area contributed by atoms with E-state index in [1.165, 1.54) is 0 Å². The number of halogens is 1. The molecule has 0 spiro atoms. The van der Waals surface area contributed by atoms with E-state index < -0.39 is 5.41 Å². The third-order valence-corrected chi connectivity index (χ3v) is 4.49. The molecule has 0 saturated heterocycles. The molecule has 0 unspecified atom stereocenters. The van der Waals surface area contributed by atoms with Gasteiger partial charge in [0.15, 0.2) is 0 Å². The fraction of sp³-hybridized carbons (Fsp3) is 0.562. The molecule has 1 aromatic carbocycles. The molecule has 1 aromatic rings. The van der Waals surface area contributed by atoms with Crippen LogP contribution in [0.1, 0.15) is 45.1 Å². The van der Waals surface area contributed by atoms with Crippen molar-refractivity contribution in [1.82, 2.24) is 5.32 Å². The summed E-state index contributed by atoms with van der Waals surface area (Å²) >= 11 is 6.09. The minimum absolute atomic E-state index is 0.108. The van der Waals surface area contributed by atoms with Crippen LogP contribution >= 0.6 is 11.6 Å². The Labute approximate surface area is 120 Å². The number of hydrogen-bond acceptors (Lipinski definition) is 1. The second-order valence-electron chi connectivity index (χ2n) is 5.91. The van der Waals surface area contributed by atoms with Crippen LogP contribution in [-0.2, 0) is 10.2 Å². The van der Waals surface area contributed by atoms with Crippen LogP contribution in [0.3, 0.4) is 0 Å². The number of hydrogen-bond donors (Lipinski definition) is 1. The van der Waals surface area contributed by atoms with Gasteiger partial charge in [-0.05, 0) is 45.1 Å². The lowest BCUT2D eigenvalue weighted by Gasteiger charge is -2.30. The summed E-state index contributed by atoms with van der Waals surface area (Å²) in [4.78, 5) is 12.5. The highest BCUT2D eigenvalue weighted by atomic mass is 35.5. The molecular weight excluding hydrogens is 258 g/mol. The van der Waals surface area contributed by atoms with Crippen molar-refractivity contribution in [3.8, 4) is 0 Å². The Morgan fingerprint density at radius 2 is 1.74 bits per heavy atom. The number of rotatable bonds is 3. The van der Waals surface area contributed by atoms with Crippen molar-refractivity contribution in [3.05, 3.63) is 35.9 Å². The monoisotopic (exact) mass is 279 g/mol. The zero-order valence-electron chi connectivity index (χ0n) is 11.7. The maximum atomic E-state index is 12.5. The van der Waals surface area contributed by atoms with E-state index in [1.54, 1.807) is 0 Å². The smallest absolute Gasteiger partial charge is 0.230 e. The van der Waals surface area contributed by atoms with Crippen LogP contribution in [0.15, 0.2) is 30.3 Å². The Hall–Kier alpha value is -1.02. The molecular formula is C16H22ClNO. The highest BCUT2D eigenvalue weighted by Gasteiger charge is 2.31. The average Bonchev–Trinajstić information content (AvgIpc) is 2.42. The molecule has 2 rings (SSSR count). The van der Waals surface area contributed by atoms with Gasteiger partial charge in [0, 0.05) is 11.4 Å². The van der Waals surface area contributed by atoms with Crippen LogP contribution in [-0.4, -0.2) is 17.3 Å². The van der Waals surface area contributed by atoms with Crippen LogP contribution in [0, 0.1) is 0 Å². The molecule has 1 aliphatic rings. The van der Waals surface area contributed by atoms with Crippen LogP contribution in [0.2, 0.25) is 0 Å². The molecule has 1 saturated carbocycles. The fourth-order valence-electron chi connectivity index (χ4n) is 2.55. The third-order valence-electron chi connectivity index (χ3n) is 4.06. The molecule has 1 fully saturated rings. The van der Waals surface area contributed by atoms with Gasteiger partial charge in [0.2, 0.25) is 5.91 Å². The Morgan fingerprint density at radius 3 is 2.32 bits per heavy atom. The van der Waals surface area contributed by atoms with E-state index >= 15 is 0 Å². The van der Waals surface area contributed by atoms with E-state index in [2.05, 4.69) is 5.32 Å². The highest BCUT2D eigenvalue weighted by Crippen LogP contribution is 2.26. The van der Waals surface area contributed by atoms with Crippen LogP contribution in [0.25, 0.3) is 0 Å². The van der Waals surface area contributed by atoms with Gasteiger partial charge in [-0.25, -0.2) is 0 Å². The number of benzene rings is 1. The molecule has 0 heterocycles. The lowest BCUT2D eigenvalue weighted by atomic mass is 9.83. The third kappa shape index (κ3) is 3.50. The predicted molar refractivity (Wildman–Crippen MR) is 79.5 cm³/mol. The maximum absolute atomic E-state index is 12.5. The molecule has 0 bridgehead atoms. The summed E-state index contributed by atoms with van der Waals surface area (Å²) in [6.45, 7) is 3.95. The van der Waals surface area contributed by atoms with Crippen molar-refractivity contribution in [2.24, 2.45) is 0 Å². The quantitative estimate of drug-likeness (QED) is 0.841. The summed E-state index contributed by atoms with van der Waals surface area (Å²) in [5.74, 6) is 0.108. The van der Waals surface area contributed by atoms with Gasteiger partial charge < -0.3 is 5.32 Å². The normalized spacial score (nSPS) is 23.9. The minimum Gasteiger partial charge on any atom is -0.353 e. The van der Waals surface area contributed by atoms with Crippen molar-refractivity contribution in [1.29, 1.82) is 0 Å². The van der Waals surface area contributed by atoms with Gasteiger partial charge in [-0.2, -0.15) is 0 Å². The van der Waals surface area contributed by atoms with Crippen molar-refractivity contribution < 1.29 is 4.79 Å². The van der Waals surface area contributed by atoms with Gasteiger partial charge in [0.05, 0.1) is 5.41 Å². The van der Waals surface area contributed by atoms with E-state index in [9.17, 15) is 4.79 Å². The molecule has 19 heavy (non-hydrogen) atoms. The molecule has 0 aromatic heterocycles. The molecule has 0 aliphatic heterocycles. The van der Waals surface area contributed by atoms with Crippen molar-refractivity contribution in [2.45, 2.75) is 56.4 Å². The molecule has 1 N–H and O–H groups in total. The minimum atomic E-state index is -0.487. The summed E-state index contributed by atoms with van der Waals surface area (Å²) in [7, 11) is 0. The number of alkyl halides is 1. The predicted octanol–water partition coefficient (Wildman–Crippen LogP) is 3.63. The molecule has 1 aliphatic carbocycles. The molecule has 0 atom stereocenters. The zero-order chi connectivity index (χ0) is 13.9. The number of amides is 1. The Kier molecular flexibility index (Phi) is 4.51. The molecule has 104 valence electrons. The van der Waals surface area contributed by atoms with Crippen molar-refractivity contribution >= 4 is 17.5 Å².